The van der Waals surface area contributed by atoms with Crippen LogP contribution in [0.1, 0.15) is 0 Å². The molecule has 3 aromatic heterocycles. The summed E-state index contributed by atoms with van der Waals surface area (Å²) in [5.41, 5.74) is 11.3. The first kappa shape index (κ1) is 28.9. The fourth-order valence-electron chi connectivity index (χ4n) is 5.85. The molecule has 0 aliphatic rings. The molecule has 0 spiro atoms. The highest BCUT2D eigenvalue weighted by molar-refractivity contribution is 5.85. The first-order chi connectivity index (χ1) is 23.8. The van der Waals surface area contributed by atoms with E-state index in [0.29, 0.717) is 17.5 Å². The van der Waals surface area contributed by atoms with Crippen molar-refractivity contribution < 1.29 is 0 Å². The third kappa shape index (κ3) is 6.13. The Balaban J connectivity index is 1.36. The minimum Gasteiger partial charge on any atom is -0.264 e. The molecule has 0 bridgehead atoms. The number of hydrogen-bond acceptors (Lipinski definition) is 5. The number of aromatic nitrogens is 5. The standard InChI is InChI=1S/C43H29N5/c1-4-12-30(13-5-1)35-22-39(38-24-36(33-18-10-20-44-28-33)23-37(25-38)34-19-11-21-45-29-34)27-40(26-35)43-47-41(31-14-6-2-7-15-31)46-42(48-43)32-16-8-3-9-17-32/h1-29H. The minimum absolute atomic E-state index is 0.609. The van der Waals surface area contributed by atoms with Gasteiger partial charge in [0.1, 0.15) is 0 Å². The Hall–Kier alpha value is -6.59. The molecule has 5 heteroatoms. The summed E-state index contributed by atoms with van der Waals surface area (Å²) in [6.45, 7) is 0. The fraction of sp³-hybridized carbons (Fsp3) is 0. The average Bonchev–Trinajstić information content (AvgIpc) is 3.19. The Labute approximate surface area is 279 Å². The van der Waals surface area contributed by atoms with Crippen LogP contribution in [-0.2, 0) is 0 Å². The van der Waals surface area contributed by atoms with E-state index >= 15 is 0 Å². The quantitative estimate of drug-likeness (QED) is 0.178. The largest absolute Gasteiger partial charge is 0.264 e. The zero-order valence-electron chi connectivity index (χ0n) is 26.0. The maximum Gasteiger partial charge on any atom is 0.164 e. The van der Waals surface area contributed by atoms with Crippen LogP contribution in [0.2, 0.25) is 0 Å². The van der Waals surface area contributed by atoms with Crippen LogP contribution in [0.5, 0.6) is 0 Å². The number of pyridine rings is 2. The maximum absolute atomic E-state index is 5.06. The van der Waals surface area contributed by atoms with E-state index in [1.807, 2.05) is 91.3 Å². The van der Waals surface area contributed by atoms with Gasteiger partial charge in [0.25, 0.3) is 0 Å². The van der Waals surface area contributed by atoms with Crippen molar-refractivity contribution in [3.63, 3.8) is 0 Å². The number of nitrogens with zero attached hydrogens (tertiary/aromatic N) is 5. The van der Waals surface area contributed by atoms with Crippen LogP contribution in [0, 0.1) is 0 Å². The van der Waals surface area contributed by atoms with E-state index in [1.54, 1.807) is 12.4 Å². The van der Waals surface area contributed by atoms with Crippen molar-refractivity contribution in [3.8, 4) is 78.7 Å². The lowest BCUT2D eigenvalue weighted by molar-refractivity contribution is 1.07. The van der Waals surface area contributed by atoms with Crippen molar-refractivity contribution in [2.24, 2.45) is 0 Å². The van der Waals surface area contributed by atoms with E-state index in [-0.39, 0.29) is 0 Å². The first-order valence-corrected chi connectivity index (χ1v) is 15.8. The van der Waals surface area contributed by atoms with Gasteiger partial charge in [-0.3, -0.25) is 9.97 Å². The second-order valence-electron chi connectivity index (χ2n) is 11.5. The molecular formula is C43H29N5. The van der Waals surface area contributed by atoms with Gasteiger partial charge in [0.05, 0.1) is 0 Å². The van der Waals surface area contributed by atoms with E-state index < -0.39 is 0 Å². The van der Waals surface area contributed by atoms with Gasteiger partial charge in [-0.05, 0) is 81.9 Å². The van der Waals surface area contributed by atoms with Crippen molar-refractivity contribution in [2.45, 2.75) is 0 Å². The molecule has 48 heavy (non-hydrogen) atoms. The molecule has 8 aromatic rings. The molecule has 5 nitrogen and oxygen atoms in total. The van der Waals surface area contributed by atoms with Gasteiger partial charge in [-0.1, -0.05) is 103 Å². The third-order valence-electron chi connectivity index (χ3n) is 8.25. The predicted octanol–water partition coefficient (Wildman–Crippen LogP) is 10.3. The molecule has 5 aromatic carbocycles. The SMILES string of the molecule is c1ccc(-c2cc(-c3cc(-c4cccnc4)cc(-c4cccnc4)c3)cc(-c3nc(-c4ccccc4)nc(-c4ccccc4)n3)c2)cc1. The van der Waals surface area contributed by atoms with Crippen molar-refractivity contribution in [1.82, 2.24) is 24.9 Å². The van der Waals surface area contributed by atoms with E-state index in [2.05, 4.69) is 82.8 Å². The summed E-state index contributed by atoms with van der Waals surface area (Å²) in [6, 6.07) is 51.9. The van der Waals surface area contributed by atoms with Crippen LogP contribution >= 0.6 is 0 Å². The Kier molecular flexibility index (Phi) is 7.83. The zero-order chi connectivity index (χ0) is 32.1. The topological polar surface area (TPSA) is 64.5 Å². The summed E-state index contributed by atoms with van der Waals surface area (Å²) in [6.07, 6.45) is 7.40. The van der Waals surface area contributed by atoms with E-state index in [4.69, 9.17) is 15.0 Å². The molecule has 0 aliphatic carbocycles. The lowest BCUT2D eigenvalue weighted by atomic mass is 9.91. The monoisotopic (exact) mass is 615 g/mol. The third-order valence-corrected chi connectivity index (χ3v) is 8.25. The van der Waals surface area contributed by atoms with Crippen LogP contribution in [0.15, 0.2) is 176 Å². The van der Waals surface area contributed by atoms with Crippen molar-refractivity contribution in [1.29, 1.82) is 0 Å². The normalized spacial score (nSPS) is 10.9. The number of hydrogen-bond donors (Lipinski definition) is 0. The van der Waals surface area contributed by atoms with Gasteiger partial charge in [-0.2, -0.15) is 0 Å². The molecule has 0 radical (unpaired) electrons. The lowest BCUT2D eigenvalue weighted by Crippen LogP contribution is -2.00. The second-order valence-corrected chi connectivity index (χ2v) is 11.5. The Morgan fingerprint density at radius 1 is 0.250 bits per heavy atom. The van der Waals surface area contributed by atoms with Crippen LogP contribution < -0.4 is 0 Å². The molecule has 0 saturated heterocycles. The fourth-order valence-corrected chi connectivity index (χ4v) is 5.85. The Morgan fingerprint density at radius 2 is 0.562 bits per heavy atom. The molecule has 8 rings (SSSR count). The molecular weight excluding hydrogens is 587 g/mol. The van der Waals surface area contributed by atoms with Gasteiger partial charge >= 0.3 is 0 Å². The van der Waals surface area contributed by atoms with Gasteiger partial charge in [-0.15, -0.1) is 0 Å². The first-order valence-electron chi connectivity index (χ1n) is 15.8. The van der Waals surface area contributed by atoms with Crippen molar-refractivity contribution in [2.75, 3.05) is 0 Å². The van der Waals surface area contributed by atoms with Crippen LogP contribution in [0.3, 0.4) is 0 Å². The number of rotatable bonds is 7. The minimum atomic E-state index is 0.609. The molecule has 0 aliphatic heterocycles. The highest BCUT2D eigenvalue weighted by Gasteiger charge is 2.16. The predicted molar refractivity (Wildman–Crippen MR) is 193 cm³/mol. The van der Waals surface area contributed by atoms with Crippen molar-refractivity contribution in [3.05, 3.63) is 176 Å². The maximum atomic E-state index is 5.06. The molecule has 226 valence electrons. The summed E-state index contributed by atoms with van der Waals surface area (Å²) in [4.78, 5) is 23.8. The summed E-state index contributed by atoms with van der Waals surface area (Å²) in [5.74, 6) is 1.87. The summed E-state index contributed by atoms with van der Waals surface area (Å²) in [5, 5.41) is 0. The summed E-state index contributed by atoms with van der Waals surface area (Å²) >= 11 is 0. The lowest BCUT2D eigenvalue weighted by Gasteiger charge is -2.14. The van der Waals surface area contributed by atoms with E-state index in [1.165, 1.54) is 0 Å². The smallest absolute Gasteiger partial charge is 0.164 e. The van der Waals surface area contributed by atoms with Gasteiger partial charge < -0.3 is 0 Å². The van der Waals surface area contributed by atoms with Gasteiger partial charge in [-0.25, -0.2) is 15.0 Å². The highest BCUT2D eigenvalue weighted by Crippen LogP contribution is 2.37. The van der Waals surface area contributed by atoms with Gasteiger partial charge in [0, 0.05) is 52.6 Å². The van der Waals surface area contributed by atoms with Crippen molar-refractivity contribution >= 4 is 0 Å². The van der Waals surface area contributed by atoms with Crippen LogP contribution in [0.4, 0.5) is 0 Å². The Bertz CT molecular complexity index is 2050. The molecule has 0 atom stereocenters. The van der Waals surface area contributed by atoms with Crippen LogP contribution in [0.25, 0.3) is 78.7 Å². The molecule has 3 heterocycles. The number of benzene rings is 5. The zero-order valence-corrected chi connectivity index (χ0v) is 26.0. The second kappa shape index (κ2) is 13.0. The van der Waals surface area contributed by atoms with E-state index in [0.717, 1.165) is 61.2 Å². The van der Waals surface area contributed by atoms with E-state index in [9.17, 15) is 0 Å². The molecule has 0 saturated carbocycles. The van der Waals surface area contributed by atoms with Gasteiger partial charge in [0.2, 0.25) is 0 Å². The molecule has 0 unspecified atom stereocenters. The molecule has 0 N–H and O–H groups in total. The molecule has 0 fully saturated rings. The Morgan fingerprint density at radius 3 is 0.958 bits per heavy atom. The van der Waals surface area contributed by atoms with Crippen LogP contribution in [-0.4, -0.2) is 24.9 Å². The molecule has 0 amide bonds. The highest BCUT2D eigenvalue weighted by atomic mass is 15.0. The summed E-state index contributed by atoms with van der Waals surface area (Å²) < 4.78 is 0. The summed E-state index contributed by atoms with van der Waals surface area (Å²) in [7, 11) is 0. The average molecular weight is 616 g/mol. The van der Waals surface area contributed by atoms with Gasteiger partial charge in [0.15, 0.2) is 17.5 Å².